The highest BCUT2D eigenvalue weighted by molar-refractivity contribution is 8.01. The molecule has 30 heavy (non-hydrogen) atoms. The van der Waals surface area contributed by atoms with E-state index in [0.29, 0.717) is 17.3 Å². The van der Waals surface area contributed by atoms with E-state index in [1.807, 2.05) is 4.90 Å². The van der Waals surface area contributed by atoms with E-state index in [-0.39, 0.29) is 17.1 Å². The molecule has 9 heteroatoms. The fourth-order valence-electron chi connectivity index (χ4n) is 3.19. The van der Waals surface area contributed by atoms with Crippen molar-refractivity contribution in [3.05, 3.63) is 11.8 Å². The van der Waals surface area contributed by atoms with Gasteiger partial charge in [-0.05, 0) is 20.3 Å². The quantitative estimate of drug-likeness (QED) is 0.472. The number of aryl methyl sites for hydroxylation is 1. The third kappa shape index (κ3) is 9.06. The largest absolute Gasteiger partial charge is 0.379 e. The Bertz CT molecular complexity index is 649. The number of thioether (sulfide) groups is 1. The molecule has 1 aliphatic rings. The van der Waals surface area contributed by atoms with Gasteiger partial charge in [0.15, 0.2) is 5.82 Å². The highest BCUT2D eigenvalue weighted by Gasteiger charge is 2.20. The van der Waals surface area contributed by atoms with Crippen LogP contribution in [-0.4, -0.2) is 83.7 Å². The number of unbranched alkanes of at least 4 members (excludes halogenated alkanes) is 3. The number of morpholine rings is 1. The van der Waals surface area contributed by atoms with Gasteiger partial charge < -0.3 is 19.5 Å². The van der Waals surface area contributed by atoms with Crippen molar-refractivity contribution >= 4 is 29.4 Å². The Morgan fingerprint density at radius 2 is 2.03 bits per heavy atom. The van der Waals surface area contributed by atoms with Gasteiger partial charge in [-0.3, -0.25) is 14.5 Å². The predicted molar refractivity (Wildman–Crippen MR) is 120 cm³/mol. The molecule has 1 N–H and O–H groups in total. The number of nitrogens with one attached hydrogen (secondary N) is 1. The highest BCUT2D eigenvalue weighted by Crippen LogP contribution is 2.15. The van der Waals surface area contributed by atoms with Gasteiger partial charge in [0.25, 0.3) is 0 Å². The summed E-state index contributed by atoms with van der Waals surface area (Å²) < 4.78 is 10.4. The van der Waals surface area contributed by atoms with Gasteiger partial charge in [0.05, 0.1) is 24.2 Å². The summed E-state index contributed by atoms with van der Waals surface area (Å²) in [5.41, 5.74) is 0. The molecular weight excluding hydrogens is 404 g/mol. The lowest BCUT2D eigenvalue weighted by Gasteiger charge is -2.30. The maximum atomic E-state index is 12.9. The maximum absolute atomic E-state index is 12.9. The zero-order valence-corrected chi connectivity index (χ0v) is 19.3. The molecule has 1 fully saturated rings. The third-order valence-electron chi connectivity index (χ3n) is 5.13. The van der Waals surface area contributed by atoms with Crippen LogP contribution < -0.4 is 5.32 Å². The zero-order valence-electron chi connectivity index (χ0n) is 18.5. The summed E-state index contributed by atoms with van der Waals surface area (Å²) in [5, 5.41) is 6.14. The molecule has 170 valence electrons. The van der Waals surface area contributed by atoms with Crippen molar-refractivity contribution in [1.82, 2.24) is 15.0 Å². The molecule has 1 atom stereocenters. The monoisotopic (exact) mass is 440 g/mol. The number of hydrogen-bond donors (Lipinski definition) is 1. The summed E-state index contributed by atoms with van der Waals surface area (Å²) >= 11 is 1.36. The molecule has 8 nitrogen and oxygen atoms in total. The summed E-state index contributed by atoms with van der Waals surface area (Å²) in [6.07, 6.45) is 4.53. The van der Waals surface area contributed by atoms with Crippen molar-refractivity contribution in [3.63, 3.8) is 0 Å². The van der Waals surface area contributed by atoms with Gasteiger partial charge in [-0.2, -0.15) is 0 Å². The summed E-state index contributed by atoms with van der Waals surface area (Å²) in [6, 6.07) is 1.67. The fraction of sp³-hybridized carbons (Fsp3) is 0.762. The SMILES string of the molecule is CCCCCCN(CCN1CCOCC1)C(=O)CS[C@H](C)C(=O)Nc1cc(C)on1. The Balaban J connectivity index is 1.79. The minimum Gasteiger partial charge on any atom is -0.379 e. The second kappa shape index (κ2) is 13.7. The molecule has 0 aromatic carbocycles. The van der Waals surface area contributed by atoms with Crippen molar-refractivity contribution in [3.8, 4) is 0 Å². The summed E-state index contributed by atoms with van der Waals surface area (Å²) in [6.45, 7) is 11.5. The van der Waals surface area contributed by atoms with Crippen molar-refractivity contribution in [2.45, 2.75) is 51.7 Å². The molecular formula is C21H36N4O4S. The maximum Gasteiger partial charge on any atom is 0.238 e. The van der Waals surface area contributed by atoms with Crippen LogP contribution in [0.4, 0.5) is 5.82 Å². The predicted octanol–water partition coefficient (Wildman–Crippen LogP) is 2.78. The minimum atomic E-state index is -0.354. The lowest BCUT2D eigenvalue weighted by molar-refractivity contribution is -0.128. The average Bonchev–Trinajstić information content (AvgIpc) is 3.16. The van der Waals surface area contributed by atoms with Gasteiger partial charge >= 0.3 is 0 Å². The Labute approximate surface area is 184 Å². The fourth-order valence-corrected chi connectivity index (χ4v) is 3.98. The molecule has 1 saturated heterocycles. The molecule has 0 unspecified atom stereocenters. The van der Waals surface area contributed by atoms with Gasteiger partial charge in [0, 0.05) is 38.8 Å². The molecule has 2 amide bonds. The van der Waals surface area contributed by atoms with Crippen LogP contribution in [0.2, 0.25) is 0 Å². The first-order valence-corrected chi connectivity index (χ1v) is 12.0. The minimum absolute atomic E-state index is 0.0988. The Morgan fingerprint density at radius 1 is 1.27 bits per heavy atom. The second-order valence-electron chi connectivity index (χ2n) is 7.66. The lowest BCUT2D eigenvalue weighted by Crippen LogP contribution is -2.44. The van der Waals surface area contributed by atoms with E-state index in [2.05, 4.69) is 22.3 Å². The van der Waals surface area contributed by atoms with Crippen LogP contribution in [0.3, 0.4) is 0 Å². The number of aromatic nitrogens is 1. The standard InChI is InChI=1S/C21H36N4O4S/c1-4-5-6-7-8-25(10-9-24-11-13-28-14-12-24)20(26)16-30-18(3)21(27)22-19-15-17(2)29-23-19/h15,18H,4-14,16H2,1-3H3,(H,22,23,27)/t18-/m1/s1. The molecule has 1 aromatic heterocycles. The number of carbonyl (C=O) groups is 2. The van der Waals surface area contributed by atoms with Gasteiger partial charge in [-0.15, -0.1) is 11.8 Å². The van der Waals surface area contributed by atoms with Crippen molar-refractivity contribution in [2.24, 2.45) is 0 Å². The number of amides is 2. The van der Waals surface area contributed by atoms with E-state index in [9.17, 15) is 9.59 Å². The van der Waals surface area contributed by atoms with Crippen LogP contribution in [0.15, 0.2) is 10.6 Å². The first-order valence-electron chi connectivity index (χ1n) is 10.9. The van der Waals surface area contributed by atoms with Gasteiger partial charge in [-0.25, -0.2) is 0 Å². The van der Waals surface area contributed by atoms with Crippen molar-refractivity contribution < 1.29 is 18.8 Å². The van der Waals surface area contributed by atoms with Gasteiger partial charge in [-0.1, -0.05) is 31.3 Å². The van der Waals surface area contributed by atoms with E-state index < -0.39 is 0 Å². The summed E-state index contributed by atoms with van der Waals surface area (Å²) in [7, 11) is 0. The Hall–Kier alpha value is -1.58. The molecule has 2 rings (SSSR count). The van der Waals surface area contributed by atoms with E-state index in [0.717, 1.165) is 58.8 Å². The van der Waals surface area contributed by atoms with Gasteiger partial charge in [0.2, 0.25) is 11.8 Å². The van der Waals surface area contributed by atoms with Crippen LogP contribution in [0.25, 0.3) is 0 Å². The molecule has 0 bridgehead atoms. The van der Waals surface area contributed by atoms with E-state index in [1.165, 1.54) is 24.6 Å². The zero-order chi connectivity index (χ0) is 21.8. The van der Waals surface area contributed by atoms with Crippen molar-refractivity contribution in [2.75, 3.05) is 57.0 Å². The number of ether oxygens (including phenoxy) is 1. The lowest BCUT2D eigenvalue weighted by atomic mass is 10.2. The van der Waals surface area contributed by atoms with Gasteiger partial charge in [0.1, 0.15) is 5.76 Å². The van der Waals surface area contributed by atoms with Crippen LogP contribution in [0.5, 0.6) is 0 Å². The van der Waals surface area contributed by atoms with Crippen LogP contribution >= 0.6 is 11.8 Å². The first kappa shape index (κ1) is 24.7. The number of hydrogen-bond acceptors (Lipinski definition) is 7. The van der Waals surface area contributed by atoms with Crippen LogP contribution in [0, 0.1) is 6.92 Å². The molecule has 0 spiro atoms. The third-order valence-corrected chi connectivity index (χ3v) is 6.26. The van der Waals surface area contributed by atoms with Crippen molar-refractivity contribution in [1.29, 1.82) is 0 Å². The Kier molecular flexibility index (Phi) is 11.2. The Morgan fingerprint density at radius 3 is 2.70 bits per heavy atom. The number of rotatable bonds is 13. The molecule has 1 aliphatic heterocycles. The normalized spacial score (nSPS) is 15.7. The summed E-state index contributed by atoms with van der Waals surface area (Å²) in [5.74, 6) is 1.26. The second-order valence-corrected chi connectivity index (χ2v) is 8.99. The van der Waals surface area contributed by atoms with Crippen LogP contribution in [-0.2, 0) is 14.3 Å². The first-order chi connectivity index (χ1) is 14.5. The molecule has 0 saturated carbocycles. The van der Waals surface area contributed by atoms with E-state index in [4.69, 9.17) is 9.26 Å². The molecule has 0 radical (unpaired) electrons. The number of carbonyl (C=O) groups excluding carboxylic acids is 2. The van der Waals surface area contributed by atoms with E-state index >= 15 is 0 Å². The average molecular weight is 441 g/mol. The molecule has 1 aromatic rings. The van der Waals surface area contributed by atoms with E-state index in [1.54, 1.807) is 19.9 Å². The topological polar surface area (TPSA) is 87.9 Å². The smallest absolute Gasteiger partial charge is 0.238 e. The summed E-state index contributed by atoms with van der Waals surface area (Å²) in [4.78, 5) is 29.5. The number of nitrogens with zero attached hydrogens (tertiary/aromatic N) is 3. The number of anilines is 1. The highest BCUT2D eigenvalue weighted by atomic mass is 32.2. The van der Waals surface area contributed by atoms with Crippen LogP contribution in [0.1, 0.15) is 45.3 Å². The molecule has 0 aliphatic carbocycles. The molecule has 2 heterocycles.